The molecule has 2 saturated heterocycles. The zero-order valence-corrected chi connectivity index (χ0v) is 20.0. The standard InChI is InChI=1S/C25H30N8O3/c26-24-23(11-18(12-28-24)19-13-29-32(15-19)21-5-8-27-9-6-21)25(34)30-20-7-10-31(16-20)14-17-1-3-22(4-2-17)33(35)36/h1-4,11-13,15,20-21,27H,5-10,14,16H2,(H2,26,28)(H,30,34)/t20-/m1/s1. The SMILES string of the molecule is Nc1ncc(-c2cnn(C3CCNCC3)c2)cc1C(=O)N[C@@H]1CCN(Cc2ccc([N+](=O)[O-])cc2)C1. The van der Waals surface area contributed by atoms with Gasteiger partial charge in [0.05, 0.1) is 22.7 Å². The van der Waals surface area contributed by atoms with E-state index >= 15 is 0 Å². The highest BCUT2D eigenvalue weighted by atomic mass is 16.6. The van der Waals surface area contributed by atoms with Crippen molar-refractivity contribution in [3.8, 4) is 11.1 Å². The van der Waals surface area contributed by atoms with Crippen LogP contribution in [0.4, 0.5) is 11.5 Å². The summed E-state index contributed by atoms with van der Waals surface area (Å²) < 4.78 is 2.00. The van der Waals surface area contributed by atoms with Crippen LogP contribution in [0, 0.1) is 10.1 Å². The van der Waals surface area contributed by atoms with E-state index in [0.717, 1.165) is 55.6 Å². The maximum Gasteiger partial charge on any atom is 0.269 e. The molecule has 188 valence electrons. The highest BCUT2D eigenvalue weighted by molar-refractivity contribution is 5.99. The number of rotatable bonds is 7. The van der Waals surface area contributed by atoms with Gasteiger partial charge in [-0.2, -0.15) is 5.10 Å². The molecule has 5 rings (SSSR count). The first-order valence-electron chi connectivity index (χ1n) is 12.2. The molecule has 3 aromatic rings. The van der Waals surface area contributed by atoms with Crippen molar-refractivity contribution in [2.75, 3.05) is 31.9 Å². The quantitative estimate of drug-likeness (QED) is 0.338. The highest BCUT2D eigenvalue weighted by Gasteiger charge is 2.25. The van der Waals surface area contributed by atoms with Gasteiger partial charge in [-0.1, -0.05) is 12.1 Å². The van der Waals surface area contributed by atoms with Gasteiger partial charge in [0.1, 0.15) is 5.82 Å². The molecule has 1 amide bonds. The number of carbonyl (C=O) groups is 1. The number of hydrogen-bond donors (Lipinski definition) is 3. The molecule has 1 aromatic carbocycles. The van der Waals surface area contributed by atoms with Crippen molar-refractivity contribution in [1.29, 1.82) is 0 Å². The van der Waals surface area contributed by atoms with E-state index in [4.69, 9.17) is 5.73 Å². The van der Waals surface area contributed by atoms with Gasteiger partial charge in [-0.05, 0) is 44.0 Å². The van der Waals surface area contributed by atoms with E-state index in [1.807, 2.05) is 17.1 Å². The number of piperidine rings is 1. The van der Waals surface area contributed by atoms with Crippen molar-refractivity contribution in [1.82, 2.24) is 30.3 Å². The molecule has 2 aliphatic heterocycles. The number of hydrogen-bond acceptors (Lipinski definition) is 8. The van der Waals surface area contributed by atoms with E-state index < -0.39 is 4.92 Å². The molecular weight excluding hydrogens is 460 g/mol. The van der Waals surface area contributed by atoms with Gasteiger partial charge in [-0.3, -0.25) is 24.5 Å². The Bertz CT molecular complexity index is 1240. The maximum atomic E-state index is 13.1. The topological polar surface area (TPSA) is 144 Å². The van der Waals surface area contributed by atoms with Crippen LogP contribution in [0.15, 0.2) is 48.9 Å². The van der Waals surface area contributed by atoms with Crippen molar-refractivity contribution in [2.45, 2.75) is 37.9 Å². The zero-order valence-electron chi connectivity index (χ0n) is 20.0. The van der Waals surface area contributed by atoms with Crippen LogP contribution in [0.3, 0.4) is 0 Å². The summed E-state index contributed by atoms with van der Waals surface area (Å²) in [5, 5.41) is 21.8. The number of pyridine rings is 1. The number of nitrogens with zero attached hydrogens (tertiary/aromatic N) is 5. The first-order valence-corrected chi connectivity index (χ1v) is 12.2. The number of nitrogen functional groups attached to an aromatic ring is 1. The monoisotopic (exact) mass is 490 g/mol. The summed E-state index contributed by atoms with van der Waals surface area (Å²) in [6, 6.07) is 8.73. The zero-order chi connectivity index (χ0) is 25.1. The van der Waals surface area contributed by atoms with Crippen LogP contribution in [-0.4, -0.2) is 62.7 Å². The largest absolute Gasteiger partial charge is 0.383 e. The van der Waals surface area contributed by atoms with Gasteiger partial charge in [0.2, 0.25) is 0 Å². The third kappa shape index (κ3) is 5.37. The lowest BCUT2D eigenvalue weighted by Gasteiger charge is -2.22. The van der Waals surface area contributed by atoms with Crippen LogP contribution in [-0.2, 0) is 6.54 Å². The minimum Gasteiger partial charge on any atom is -0.383 e. The Morgan fingerprint density at radius 1 is 1.17 bits per heavy atom. The van der Waals surface area contributed by atoms with E-state index in [0.29, 0.717) is 24.7 Å². The Balaban J connectivity index is 1.21. The Hall–Kier alpha value is -3.83. The smallest absolute Gasteiger partial charge is 0.269 e. The van der Waals surface area contributed by atoms with Crippen LogP contribution >= 0.6 is 0 Å². The number of carbonyl (C=O) groups excluding carboxylic acids is 1. The third-order valence-corrected chi connectivity index (χ3v) is 6.94. The van der Waals surface area contributed by atoms with Gasteiger partial charge >= 0.3 is 0 Å². The molecule has 2 fully saturated rings. The molecule has 0 bridgehead atoms. The Labute approximate surface area is 208 Å². The van der Waals surface area contributed by atoms with Crippen molar-refractivity contribution in [3.05, 3.63) is 70.2 Å². The Kier molecular flexibility index (Phi) is 6.92. The summed E-state index contributed by atoms with van der Waals surface area (Å²) in [6.07, 6.45) is 8.39. The van der Waals surface area contributed by atoms with Crippen molar-refractivity contribution < 1.29 is 9.72 Å². The van der Waals surface area contributed by atoms with E-state index in [1.165, 1.54) is 12.1 Å². The van der Waals surface area contributed by atoms with Gasteiger partial charge in [0.25, 0.3) is 11.6 Å². The number of aromatic nitrogens is 3. The predicted octanol–water partition coefficient (Wildman–Crippen LogP) is 2.36. The molecule has 0 spiro atoms. The minimum absolute atomic E-state index is 0.0127. The average Bonchev–Trinajstić information content (AvgIpc) is 3.55. The van der Waals surface area contributed by atoms with Crippen LogP contribution in [0.25, 0.3) is 11.1 Å². The van der Waals surface area contributed by atoms with E-state index in [1.54, 1.807) is 24.4 Å². The summed E-state index contributed by atoms with van der Waals surface area (Å²) in [6.45, 7) is 4.16. The maximum absolute atomic E-state index is 13.1. The molecule has 0 aliphatic carbocycles. The molecule has 11 heteroatoms. The fourth-order valence-electron chi connectivity index (χ4n) is 4.91. The Morgan fingerprint density at radius 3 is 2.69 bits per heavy atom. The normalized spacial score (nSPS) is 18.8. The summed E-state index contributed by atoms with van der Waals surface area (Å²) >= 11 is 0. The minimum atomic E-state index is -0.401. The fourth-order valence-corrected chi connectivity index (χ4v) is 4.91. The third-order valence-electron chi connectivity index (χ3n) is 6.94. The number of nitro groups is 1. The van der Waals surface area contributed by atoms with Crippen LogP contribution in [0.1, 0.15) is 41.2 Å². The molecule has 0 saturated carbocycles. The molecule has 11 nitrogen and oxygen atoms in total. The number of benzene rings is 1. The van der Waals surface area contributed by atoms with Crippen LogP contribution in [0.5, 0.6) is 0 Å². The van der Waals surface area contributed by atoms with Gasteiger partial charge in [-0.25, -0.2) is 4.98 Å². The van der Waals surface area contributed by atoms with Crippen molar-refractivity contribution in [3.63, 3.8) is 0 Å². The summed E-state index contributed by atoms with van der Waals surface area (Å²) in [5.41, 5.74) is 9.22. The molecule has 2 aromatic heterocycles. The van der Waals surface area contributed by atoms with Gasteiger partial charge in [-0.15, -0.1) is 0 Å². The number of nitrogens with one attached hydrogen (secondary N) is 2. The van der Waals surface area contributed by atoms with Gasteiger partial charge < -0.3 is 16.4 Å². The van der Waals surface area contributed by atoms with Gasteiger partial charge in [0, 0.05) is 61.3 Å². The average molecular weight is 491 g/mol. The van der Waals surface area contributed by atoms with Crippen LogP contribution < -0.4 is 16.4 Å². The fraction of sp³-hybridized carbons (Fsp3) is 0.400. The molecular formula is C25H30N8O3. The van der Waals surface area contributed by atoms with Crippen molar-refractivity contribution >= 4 is 17.4 Å². The number of likely N-dealkylation sites (tertiary alicyclic amines) is 1. The summed E-state index contributed by atoms with van der Waals surface area (Å²) in [4.78, 5) is 30.0. The molecule has 0 radical (unpaired) electrons. The van der Waals surface area contributed by atoms with Crippen molar-refractivity contribution in [2.24, 2.45) is 0 Å². The van der Waals surface area contributed by atoms with E-state index in [-0.39, 0.29) is 23.5 Å². The molecule has 1 atom stereocenters. The number of non-ortho nitro benzene ring substituents is 1. The molecule has 36 heavy (non-hydrogen) atoms. The lowest BCUT2D eigenvalue weighted by molar-refractivity contribution is -0.384. The predicted molar refractivity (Wildman–Crippen MR) is 135 cm³/mol. The van der Waals surface area contributed by atoms with Crippen LogP contribution in [0.2, 0.25) is 0 Å². The second kappa shape index (κ2) is 10.4. The van der Waals surface area contributed by atoms with E-state index in [2.05, 4.69) is 25.6 Å². The lowest BCUT2D eigenvalue weighted by atomic mass is 10.1. The molecule has 2 aliphatic rings. The summed E-state index contributed by atoms with van der Waals surface area (Å²) in [5.74, 6) is -0.0440. The van der Waals surface area contributed by atoms with E-state index in [9.17, 15) is 14.9 Å². The van der Waals surface area contributed by atoms with Gasteiger partial charge in [0.15, 0.2) is 0 Å². The number of anilines is 1. The first-order chi connectivity index (χ1) is 17.5. The molecule has 0 unspecified atom stereocenters. The Morgan fingerprint density at radius 2 is 1.94 bits per heavy atom. The number of amides is 1. The number of nitro benzene ring substituents is 1. The molecule has 4 N–H and O–H groups in total. The molecule has 4 heterocycles. The highest BCUT2D eigenvalue weighted by Crippen LogP contribution is 2.25. The number of nitrogens with two attached hydrogens (primary N) is 1. The second-order valence-electron chi connectivity index (χ2n) is 9.46. The lowest BCUT2D eigenvalue weighted by Crippen LogP contribution is -2.37. The summed E-state index contributed by atoms with van der Waals surface area (Å²) in [7, 11) is 0. The second-order valence-corrected chi connectivity index (χ2v) is 9.46. The first kappa shape index (κ1) is 23.9.